The molecule has 0 aliphatic rings. The molecule has 0 aliphatic heterocycles. The average Bonchev–Trinajstić information content (AvgIpc) is 1.99. The van der Waals surface area contributed by atoms with Crippen LogP contribution in [0.5, 0.6) is 0 Å². The lowest BCUT2D eigenvalue weighted by molar-refractivity contribution is 0.223. The van der Waals surface area contributed by atoms with Crippen LogP contribution >= 0.6 is 0 Å². The van der Waals surface area contributed by atoms with Crippen molar-refractivity contribution in [3.05, 3.63) is 10.6 Å². The molecule has 94 valence electrons. The predicted octanol–water partition coefficient (Wildman–Crippen LogP) is 0.453. The van der Waals surface area contributed by atoms with Crippen molar-refractivity contribution in [2.24, 2.45) is 10.7 Å². The fraction of sp³-hybridized carbons (Fsp3) is 0.700. The zero-order valence-electron chi connectivity index (χ0n) is 10.4. The van der Waals surface area contributed by atoms with Crippen molar-refractivity contribution >= 4 is 15.5 Å². The summed E-state index contributed by atoms with van der Waals surface area (Å²) in [6.45, 7) is 6.35. The van der Waals surface area contributed by atoms with E-state index in [1.807, 2.05) is 0 Å². The van der Waals surface area contributed by atoms with Gasteiger partial charge in [0.2, 0.25) is 0 Å². The first-order valence-corrected chi connectivity index (χ1v) is 6.74. The summed E-state index contributed by atoms with van der Waals surface area (Å²) in [5, 5.41) is 9.06. The molecule has 0 radical (unpaired) electrons. The van der Waals surface area contributed by atoms with Crippen LogP contribution in [0.4, 0.5) is 0 Å². The number of aliphatic hydroxyl groups is 1. The van der Waals surface area contributed by atoms with Gasteiger partial charge in [-0.2, -0.15) is 0 Å². The summed E-state index contributed by atoms with van der Waals surface area (Å²) in [6, 6.07) is 0. The number of nitrogens with two attached hydrogens (primary N) is 1. The Hall–Kier alpha value is -0.880. The number of nitrogens with zero attached hydrogens (tertiary/aromatic N) is 1. The molecule has 0 aromatic carbocycles. The minimum Gasteiger partial charge on any atom is -0.401 e. The average molecular weight is 248 g/mol. The molecular formula is C10H20N2O3S. The van der Waals surface area contributed by atoms with Gasteiger partial charge in [0.15, 0.2) is 9.84 Å². The molecule has 0 atom stereocenters. The molecular weight excluding hydrogens is 228 g/mol. The molecule has 0 fully saturated rings. The number of rotatable bonds is 4. The number of sulfone groups is 1. The lowest BCUT2D eigenvalue weighted by Gasteiger charge is -2.18. The van der Waals surface area contributed by atoms with E-state index in [0.717, 1.165) is 6.26 Å². The van der Waals surface area contributed by atoms with Gasteiger partial charge >= 0.3 is 0 Å². The van der Waals surface area contributed by atoms with Gasteiger partial charge in [-0.25, -0.2) is 8.42 Å². The van der Waals surface area contributed by atoms with Gasteiger partial charge in [0, 0.05) is 12.0 Å². The fourth-order valence-corrected chi connectivity index (χ4v) is 2.55. The van der Waals surface area contributed by atoms with Gasteiger partial charge in [-0.3, -0.25) is 4.99 Å². The monoisotopic (exact) mass is 248 g/mol. The van der Waals surface area contributed by atoms with E-state index >= 15 is 0 Å². The Bertz CT molecular complexity index is 415. The van der Waals surface area contributed by atoms with E-state index in [4.69, 9.17) is 10.8 Å². The van der Waals surface area contributed by atoms with Crippen LogP contribution in [0.25, 0.3) is 0 Å². The SMILES string of the molecule is CC(=NC(C)(C)CO)C(=C(C)N)S(C)(=O)=O. The Morgan fingerprint density at radius 3 is 2.06 bits per heavy atom. The maximum Gasteiger partial charge on any atom is 0.178 e. The zero-order valence-corrected chi connectivity index (χ0v) is 11.2. The van der Waals surface area contributed by atoms with Crippen molar-refractivity contribution in [1.29, 1.82) is 0 Å². The Labute approximate surface area is 97.0 Å². The van der Waals surface area contributed by atoms with Gasteiger partial charge in [0.25, 0.3) is 0 Å². The van der Waals surface area contributed by atoms with E-state index in [1.165, 1.54) is 6.92 Å². The highest BCUT2D eigenvalue weighted by Crippen LogP contribution is 2.15. The first-order chi connectivity index (χ1) is 7.01. The van der Waals surface area contributed by atoms with Crippen LogP contribution in [-0.4, -0.2) is 37.6 Å². The molecule has 0 saturated carbocycles. The summed E-state index contributed by atoms with van der Waals surface area (Å²) in [7, 11) is -3.40. The van der Waals surface area contributed by atoms with E-state index < -0.39 is 15.4 Å². The highest BCUT2D eigenvalue weighted by Gasteiger charge is 2.21. The largest absolute Gasteiger partial charge is 0.401 e. The molecule has 6 heteroatoms. The summed E-state index contributed by atoms with van der Waals surface area (Å²) >= 11 is 0. The number of allylic oxidation sites excluding steroid dienone is 2. The van der Waals surface area contributed by atoms with Crippen molar-refractivity contribution in [1.82, 2.24) is 0 Å². The second-order valence-electron chi connectivity index (χ2n) is 4.45. The molecule has 0 bridgehead atoms. The number of aliphatic hydroxyl groups excluding tert-OH is 1. The van der Waals surface area contributed by atoms with Crippen molar-refractivity contribution in [2.75, 3.05) is 12.9 Å². The van der Waals surface area contributed by atoms with Crippen LogP contribution in [0.3, 0.4) is 0 Å². The Morgan fingerprint density at radius 2 is 1.81 bits per heavy atom. The molecule has 3 N–H and O–H groups in total. The molecule has 0 rings (SSSR count). The van der Waals surface area contributed by atoms with E-state index in [2.05, 4.69) is 4.99 Å². The van der Waals surface area contributed by atoms with E-state index in [9.17, 15) is 8.42 Å². The Balaban J connectivity index is 5.58. The Morgan fingerprint density at radius 1 is 1.38 bits per heavy atom. The van der Waals surface area contributed by atoms with Crippen molar-refractivity contribution < 1.29 is 13.5 Å². The van der Waals surface area contributed by atoms with Gasteiger partial charge in [0.05, 0.1) is 17.9 Å². The van der Waals surface area contributed by atoms with E-state index in [1.54, 1.807) is 20.8 Å². The summed E-state index contributed by atoms with van der Waals surface area (Å²) < 4.78 is 23.0. The second kappa shape index (κ2) is 4.97. The molecule has 0 heterocycles. The lowest BCUT2D eigenvalue weighted by atomic mass is 10.1. The van der Waals surface area contributed by atoms with Crippen molar-refractivity contribution in [3.8, 4) is 0 Å². The molecule has 0 aliphatic carbocycles. The lowest BCUT2D eigenvalue weighted by Crippen LogP contribution is -2.26. The fourth-order valence-electron chi connectivity index (χ4n) is 1.39. The summed E-state index contributed by atoms with van der Waals surface area (Å²) in [4.78, 5) is 4.20. The standard InChI is InChI=1S/C10H20N2O3S/c1-7(11)9(16(5,14)15)8(2)12-10(3,4)6-13/h13H,6,11H2,1-5H3. The minimum atomic E-state index is -3.40. The number of aliphatic imine (C=N–C) groups is 1. The third kappa shape index (κ3) is 4.32. The highest BCUT2D eigenvalue weighted by molar-refractivity contribution is 7.95. The normalized spacial score (nSPS) is 16.0. The smallest absolute Gasteiger partial charge is 0.178 e. The van der Waals surface area contributed by atoms with Crippen LogP contribution in [0.1, 0.15) is 27.7 Å². The maximum absolute atomic E-state index is 11.5. The molecule has 0 aromatic rings. The van der Waals surface area contributed by atoms with E-state index in [-0.39, 0.29) is 17.2 Å². The highest BCUT2D eigenvalue weighted by atomic mass is 32.2. The topological polar surface area (TPSA) is 92.8 Å². The molecule has 0 saturated heterocycles. The maximum atomic E-state index is 11.5. The third-order valence-corrected chi connectivity index (χ3v) is 3.27. The van der Waals surface area contributed by atoms with Crippen LogP contribution < -0.4 is 5.73 Å². The molecule has 0 spiro atoms. The van der Waals surface area contributed by atoms with Crippen LogP contribution in [0.15, 0.2) is 15.6 Å². The van der Waals surface area contributed by atoms with Crippen LogP contribution in [0.2, 0.25) is 0 Å². The second-order valence-corrected chi connectivity index (χ2v) is 6.40. The van der Waals surface area contributed by atoms with Crippen LogP contribution in [0, 0.1) is 0 Å². The Kier molecular flexibility index (Phi) is 4.69. The molecule has 0 unspecified atom stereocenters. The van der Waals surface area contributed by atoms with Crippen LogP contribution in [-0.2, 0) is 9.84 Å². The molecule has 0 amide bonds. The molecule has 0 aromatic heterocycles. The van der Waals surface area contributed by atoms with E-state index in [0.29, 0.717) is 5.71 Å². The predicted molar refractivity (Wildman–Crippen MR) is 66.0 cm³/mol. The number of hydrogen-bond donors (Lipinski definition) is 2. The first kappa shape index (κ1) is 15.1. The quantitative estimate of drug-likeness (QED) is 0.707. The summed E-state index contributed by atoms with van der Waals surface area (Å²) in [5.41, 5.74) is 5.36. The summed E-state index contributed by atoms with van der Waals surface area (Å²) in [6.07, 6.45) is 1.09. The van der Waals surface area contributed by atoms with Gasteiger partial charge in [-0.05, 0) is 27.7 Å². The number of hydrogen-bond acceptors (Lipinski definition) is 5. The van der Waals surface area contributed by atoms with Gasteiger partial charge in [0.1, 0.15) is 4.91 Å². The van der Waals surface area contributed by atoms with Gasteiger partial charge in [-0.1, -0.05) is 0 Å². The van der Waals surface area contributed by atoms with Gasteiger partial charge < -0.3 is 10.8 Å². The van der Waals surface area contributed by atoms with Crippen molar-refractivity contribution in [2.45, 2.75) is 33.2 Å². The third-order valence-electron chi connectivity index (χ3n) is 1.91. The minimum absolute atomic E-state index is 0.0361. The zero-order chi connectivity index (χ0) is 13.1. The van der Waals surface area contributed by atoms with Crippen molar-refractivity contribution in [3.63, 3.8) is 0 Å². The first-order valence-electron chi connectivity index (χ1n) is 4.85. The van der Waals surface area contributed by atoms with Gasteiger partial charge in [-0.15, -0.1) is 0 Å². The molecule has 5 nitrogen and oxygen atoms in total. The summed E-state index contributed by atoms with van der Waals surface area (Å²) in [5.74, 6) is 0. The molecule has 16 heavy (non-hydrogen) atoms.